The van der Waals surface area contributed by atoms with Gasteiger partial charge in [0.2, 0.25) is 0 Å². The van der Waals surface area contributed by atoms with Crippen LogP contribution in [0.5, 0.6) is 0 Å². The monoisotopic (exact) mass is 185 g/mol. The summed E-state index contributed by atoms with van der Waals surface area (Å²) >= 11 is 0. The molecular weight excluding hydrogens is 174 g/mol. The average molecular weight is 185 g/mol. The molecule has 0 aliphatic heterocycles. The number of aliphatic hydroxyl groups excluding tert-OH is 1. The Morgan fingerprint density at radius 3 is 2.46 bits per heavy atom. The van der Waals surface area contributed by atoms with E-state index < -0.39 is 29.4 Å². The number of carbonyl (C=O) groups is 1. The Hall–Kier alpha value is -1.26. The fraction of sp³-hybridized carbons (Fsp3) is 0.857. The zero-order valence-electron chi connectivity index (χ0n) is 7.43. The van der Waals surface area contributed by atoms with Crippen molar-refractivity contribution in [3.8, 4) is 0 Å². The van der Waals surface area contributed by atoms with Crippen LogP contribution in [0.4, 0.5) is 0 Å². The lowest BCUT2D eigenvalue weighted by Gasteiger charge is -2.10. The number of azide groups is 1. The summed E-state index contributed by atoms with van der Waals surface area (Å²) in [5.74, 6) is -1.11. The van der Waals surface area contributed by atoms with E-state index in [1.165, 1.54) is 0 Å². The van der Waals surface area contributed by atoms with Gasteiger partial charge in [0.25, 0.3) is 0 Å². The van der Waals surface area contributed by atoms with Crippen molar-refractivity contribution in [1.82, 2.24) is 0 Å². The molecule has 2 unspecified atom stereocenters. The molecule has 0 radical (unpaired) electrons. The predicted octanol–water partition coefficient (Wildman–Crippen LogP) is 0.768. The number of aliphatic carboxylic acids is 1. The van der Waals surface area contributed by atoms with Crippen LogP contribution in [-0.4, -0.2) is 28.8 Å². The Bertz CT molecular complexity index is 295. The second-order valence-corrected chi connectivity index (χ2v) is 3.76. The lowest BCUT2D eigenvalue weighted by Crippen LogP contribution is -2.26. The minimum Gasteiger partial charge on any atom is -0.481 e. The minimum atomic E-state index is -1.29. The lowest BCUT2D eigenvalue weighted by atomic mass is 9.97. The normalized spacial score (nSPS) is 34.8. The zero-order chi connectivity index (χ0) is 10.3. The van der Waals surface area contributed by atoms with Crippen LogP contribution in [0.15, 0.2) is 5.11 Å². The number of hydrogen-bond donors (Lipinski definition) is 2. The lowest BCUT2D eigenvalue weighted by molar-refractivity contribution is -0.146. The summed E-state index contributed by atoms with van der Waals surface area (Å²) in [7, 11) is 0. The highest BCUT2D eigenvalue weighted by Gasteiger charge is 2.75. The van der Waals surface area contributed by atoms with Gasteiger partial charge < -0.3 is 10.2 Å². The van der Waals surface area contributed by atoms with Crippen LogP contribution < -0.4 is 0 Å². The average Bonchev–Trinajstić information content (AvgIpc) is 2.50. The van der Waals surface area contributed by atoms with Crippen molar-refractivity contribution >= 4 is 5.97 Å². The first-order valence-corrected chi connectivity index (χ1v) is 3.83. The summed E-state index contributed by atoms with van der Waals surface area (Å²) in [4.78, 5) is 13.4. The Balaban J connectivity index is 3.06. The fourth-order valence-corrected chi connectivity index (χ4v) is 1.87. The summed E-state index contributed by atoms with van der Waals surface area (Å²) in [5.41, 5.74) is 6.24. The number of carboxylic acids is 1. The van der Waals surface area contributed by atoms with E-state index in [1.54, 1.807) is 13.8 Å². The third kappa shape index (κ3) is 0.928. The molecule has 0 saturated heterocycles. The first kappa shape index (κ1) is 9.83. The van der Waals surface area contributed by atoms with Crippen molar-refractivity contribution in [2.24, 2.45) is 15.9 Å². The number of rotatable bonds is 3. The van der Waals surface area contributed by atoms with Crippen LogP contribution in [-0.2, 0) is 4.79 Å². The molecule has 2 atom stereocenters. The van der Waals surface area contributed by atoms with Gasteiger partial charge in [-0.05, 0) is 10.9 Å². The molecule has 1 aliphatic rings. The number of aliphatic hydroxyl groups is 1. The van der Waals surface area contributed by atoms with E-state index >= 15 is 0 Å². The molecule has 13 heavy (non-hydrogen) atoms. The number of nitrogens with zero attached hydrogens (tertiary/aromatic N) is 3. The van der Waals surface area contributed by atoms with E-state index in [9.17, 15) is 4.79 Å². The quantitative estimate of drug-likeness (QED) is 0.385. The van der Waals surface area contributed by atoms with Crippen molar-refractivity contribution < 1.29 is 15.0 Å². The predicted molar refractivity (Wildman–Crippen MR) is 43.9 cm³/mol. The maximum atomic E-state index is 10.9. The van der Waals surface area contributed by atoms with Crippen LogP contribution in [0.3, 0.4) is 0 Å². The maximum absolute atomic E-state index is 10.9. The van der Waals surface area contributed by atoms with Gasteiger partial charge in [0, 0.05) is 4.91 Å². The largest absolute Gasteiger partial charge is 0.481 e. The molecule has 0 aromatic rings. The van der Waals surface area contributed by atoms with Crippen LogP contribution in [0, 0.1) is 10.8 Å². The third-order valence-corrected chi connectivity index (χ3v) is 3.01. The Labute approximate surface area is 74.8 Å². The van der Waals surface area contributed by atoms with Crippen molar-refractivity contribution in [2.75, 3.05) is 6.61 Å². The summed E-state index contributed by atoms with van der Waals surface area (Å²) in [6, 6.07) is -0.660. The smallest absolute Gasteiger partial charge is 0.312 e. The van der Waals surface area contributed by atoms with E-state index in [-0.39, 0.29) is 0 Å². The number of carboxylic acid groups (broad SMARTS) is 1. The highest BCUT2D eigenvalue weighted by molar-refractivity contribution is 5.82. The molecule has 0 aromatic heterocycles. The molecule has 1 fully saturated rings. The molecular formula is C7H11N3O3. The Morgan fingerprint density at radius 1 is 1.69 bits per heavy atom. The molecule has 0 aromatic carbocycles. The Morgan fingerprint density at radius 2 is 2.23 bits per heavy atom. The summed E-state index contributed by atoms with van der Waals surface area (Å²) in [6.07, 6.45) is 0. The Kier molecular flexibility index (Phi) is 1.98. The first-order chi connectivity index (χ1) is 5.95. The van der Waals surface area contributed by atoms with Gasteiger partial charge in [-0.15, -0.1) is 0 Å². The third-order valence-electron chi connectivity index (χ3n) is 3.01. The molecule has 1 aliphatic carbocycles. The molecule has 0 heterocycles. The van der Waals surface area contributed by atoms with Gasteiger partial charge in [0.15, 0.2) is 0 Å². The van der Waals surface area contributed by atoms with E-state index in [1.807, 2.05) is 0 Å². The standard InChI is InChI=1S/C7H11N3O3/c1-6(2)4(9-10-8)7(6,3-11)5(12)13/h4,11H,3H2,1-2H3,(H,12,13). The molecule has 1 saturated carbocycles. The van der Waals surface area contributed by atoms with Crippen molar-refractivity contribution in [3.05, 3.63) is 10.4 Å². The van der Waals surface area contributed by atoms with E-state index in [4.69, 9.17) is 15.7 Å². The summed E-state index contributed by atoms with van der Waals surface area (Å²) in [6.45, 7) is 2.83. The van der Waals surface area contributed by atoms with E-state index in [2.05, 4.69) is 10.0 Å². The molecule has 6 nitrogen and oxygen atoms in total. The molecule has 0 amide bonds. The molecule has 6 heteroatoms. The summed E-state index contributed by atoms with van der Waals surface area (Å²) < 4.78 is 0. The SMILES string of the molecule is CC1(C)C(N=[N+]=[N-])C1(CO)C(=O)O. The first-order valence-electron chi connectivity index (χ1n) is 3.83. The number of hydrogen-bond acceptors (Lipinski definition) is 3. The molecule has 0 spiro atoms. The van der Waals surface area contributed by atoms with Crippen LogP contribution in [0.25, 0.3) is 10.4 Å². The van der Waals surface area contributed by atoms with Crippen LogP contribution in [0.2, 0.25) is 0 Å². The molecule has 1 rings (SSSR count). The van der Waals surface area contributed by atoms with Gasteiger partial charge in [-0.3, -0.25) is 4.79 Å². The van der Waals surface area contributed by atoms with E-state index in [0.717, 1.165) is 0 Å². The highest BCUT2D eigenvalue weighted by Crippen LogP contribution is 2.65. The maximum Gasteiger partial charge on any atom is 0.312 e. The van der Waals surface area contributed by atoms with Crippen molar-refractivity contribution in [2.45, 2.75) is 19.9 Å². The van der Waals surface area contributed by atoms with Gasteiger partial charge in [0.1, 0.15) is 5.41 Å². The fourth-order valence-electron chi connectivity index (χ4n) is 1.87. The molecule has 2 N–H and O–H groups in total. The molecule has 72 valence electrons. The van der Waals surface area contributed by atoms with Crippen molar-refractivity contribution in [3.63, 3.8) is 0 Å². The minimum absolute atomic E-state index is 0.501. The van der Waals surface area contributed by atoms with E-state index in [0.29, 0.717) is 0 Å². The van der Waals surface area contributed by atoms with Gasteiger partial charge >= 0.3 is 5.97 Å². The second-order valence-electron chi connectivity index (χ2n) is 3.76. The van der Waals surface area contributed by atoms with Crippen molar-refractivity contribution in [1.29, 1.82) is 0 Å². The van der Waals surface area contributed by atoms with Gasteiger partial charge in [-0.2, -0.15) is 0 Å². The van der Waals surface area contributed by atoms with Gasteiger partial charge in [0.05, 0.1) is 12.6 Å². The second kappa shape index (κ2) is 2.61. The molecule has 0 bridgehead atoms. The van der Waals surface area contributed by atoms with Crippen LogP contribution >= 0.6 is 0 Å². The zero-order valence-corrected chi connectivity index (χ0v) is 7.43. The summed E-state index contributed by atoms with van der Waals surface area (Å²) in [5, 5.41) is 21.3. The van der Waals surface area contributed by atoms with Gasteiger partial charge in [-0.25, -0.2) is 0 Å². The van der Waals surface area contributed by atoms with Crippen LogP contribution in [0.1, 0.15) is 13.8 Å². The highest BCUT2D eigenvalue weighted by atomic mass is 16.4. The topological polar surface area (TPSA) is 106 Å². The van der Waals surface area contributed by atoms with Gasteiger partial charge in [-0.1, -0.05) is 19.0 Å².